The number of thiophene rings is 1. The highest BCUT2D eigenvalue weighted by atomic mass is 32.1. The Hall–Kier alpha value is -2.09. The van der Waals surface area contributed by atoms with E-state index in [4.69, 9.17) is 4.74 Å². The fourth-order valence-electron chi connectivity index (χ4n) is 6.17. The molecule has 4 fully saturated rings. The van der Waals surface area contributed by atoms with E-state index in [0.717, 1.165) is 48.4 Å². The fourth-order valence-corrected chi connectivity index (χ4v) is 7.38. The summed E-state index contributed by atoms with van der Waals surface area (Å²) < 4.78 is 5.40. The lowest BCUT2D eigenvalue weighted by Gasteiger charge is -2.56. The van der Waals surface area contributed by atoms with Crippen LogP contribution in [0.15, 0.2) is 0 Å². The summed E-state index contributed by atoms with van der Waals surface area (Å²) in [5.74, 6) is 1.44. The number of esters is 1. The minimum absolute atomic E-state index is 0.133. The number of hydrogen-bond acceptors (Lipinski definition) is 5. The van der Waals surface area contributed by atoms with Gasteiger partial charge in [0.2, 0.25) is 0 Å². The van der Waals surface area contributed by atoms with Crippen molar-refractivity contribution in [3.8, 4) is 0 Å². The number of carbonyl (C=O) groups is 3. The van der Waals surface area contributed by atoms with Crippen molar-refractivity contribution >= 4 is 34.2 Å². The molecular weight excluding hydrogens is 414 g/mol. The smallest absolute Gasteiger partial charge is 0.341 e. The average molecular weight is 448 g/mol. The number of carbonyl (C=O) groups excluding carboxylic acids is 3. The summed E-state index contributed by atoms with van der Waals surface area (Å²) in [6.45, 7) is 5.28. The molecule has 4 aliphatic rings. The van der Waals surface area contributed by atoms with Gasteiger partial charge in [-0.25, -0.2) is 9.59 Å². The molecule has 1 heterocycles. The van der Waals surface area contributed by atoms with Crippen molar-refractivity contribution in [2.24, 2.45) is 17.8 Å². The van der Waals surface area contributed by atoms with E-state index in [-0.39, 0.29) is 29.1 Å². The highest BCUT2D eigenvalue weighted by Gasteiger charge is 2.51. The number of nitrogens with zero attached hydrogens (tertiary/aromatic N) is 1. The average Bonchev–Trinajstić information content (AvgIpc) is 2.94. The number of urea groups is 1. The highest BCUT2D eigenvalue weighted by Crippen LogP contribution is 2.55. The summed E-state index contributed by atoms with van der Waals surface area (Å²) in [5, 5.41) is 6.53. The molecule has 0 unspecified atom stereocenters. The first kappa shape index (κ1) is 22.1. The van der Waals surface area contributed by atoms with Crippen LogP contribution in [0.5, 0.6) is 0 Å². The van der Waals surface area contributed by atoms with E-state index < -0.39 is 5.97 Å². The van der Waals surface area contributed by atoms with Gasteiger partial charge in [0.05, 0.1) is 16.5 Å². The van der Waals surface area contributed by atoms with Crippen molar-refractivity contribution in [2.75, 3.05) is 19.4 Å². The summed E-state index contributed by atoms with van der Waals surface area (Å²) in [6.07, 6.45) is 6.73. The lowest BCUT2D eigenvalue weighted by atomic mass is 9.53. The third-order valence-electron chi connectivity index (χ3n) is 6.94. The van der Waals surface area contributed by atoms with Gasteiger partial charge in [-0.15, -0.1) is 11.3 Å². The molecule has 2 N–H and O–H groups in total. The number of hydrogen-bond donors (Lipinski definition) is 2. The van der Waals surface area contributed by atoms with Crippen molar-refractivity contribution in [3.05, 3.63) is 16.0 Å². The molecule has 3 amide bonds. The second-order valence-electron chi connectivity index (χ2n) is 10.2. The third-order valence-corrected chi connectivity index (χ3v) is 8.13. The van der Waals surface area contributed by atoms with E-state index >= 15 is 0 Å². The molecule has 0 aliphatic heterocycles. The van der Waals surface area contributed by atoms with Gasteiger partial charge in [-0.3, -0.25) is 10.1 Å². The van der Waals surface area contributed by atoms with Crippen LogP contribution in [0, 0.1) is 24.7 Å². The molecule has 4 saturated carbocycles. The van der Waals surface area contributed by atoms with Gasteiger partial charge in [0.25, 0.3) is 5.91 Å². The zero-order valence-corrected chi connectivity index (χ0v) is 19.9. The minimum atomic E-state index is -0.522. The van der Waals surface area contributed by atoms with Gasteiger partial charge in [-0.05, 0) is 82.6 Å². The largest absolute Gasteiger partial charge is 0.459 e. The fraction of sp³-hybridized carbons (Fsp3) is 0.696. The van der Waals surface area contributed by atoms with Crippen LogP contribution in [-0.2, 0) is 4.74 Å². The first-order valence-electron chi connectivity index (χ1n) is 11.2. The summed E-state index contributed by atoms with van der Waals surface area (Å²) >= 11 is 1.13. The number of rotatable bonds is 5. The van der Waals surface area contributed by atoms with Crippen LogP contribution in [0.2, 0.25) is 0 Å². The Kier molecular flexibility index (Phi) is 5.79. The normalized spacial score (nSPS) is 28.5. The predicted molar refractivity (Wildman–Crippen MR) is 121 cm³/mol. The Labute approximate surface area is 187 Å². The Morgan fingerprint density at radius 3 is 2.10 bits per heavy atom. The molecule has 1 aromatic rings. The Morgan fingerprint density at radius 1 is 1.06 bits per heavy atom. The van der Waals surface area contributed by atoms with E-state index in [9.17, 15) is 14.4 Å². The summed E-state index contributed by atoms with van der Waals surface area (Å²) in [6, 6.07) is -0.300. The zero-order chi connectivity index (χ0) is 22.5. The van der Waals surface area contributed by atoms with Crippen LogP contribution >= 0.6 is 11.3 Å². The highest BCUT2D eigenvalue weighted by molar-refractivity contribution is 7.18. The van der Waals surface area contributed by atoms with E-state index in [2.05, 4.69) is 10.6 Å². The molecule has 1 aromatic heterocycles. The molecule has 4 bridgehead atoms. The van der Waals surface area contributed by atoms with E-state index in [1.54, 1.807) is 34.9 Å². The second-order valence-corrected chi connectivity index (χ2v) is 11.2. The van der Waals surface area contributed by atoms with Gasteiger partial charge in [0.15, 0.2) is 0 Å². The van der Waals surface area contributed by atoms with Gasteiger partial charge >= 0.3 is 12.0 Å². The van der Waals surface area contributed by atoms with Crippen LogP contribution in [0.4, 0.5) is 9.80 Å². The van der Waals surface area contributed by atoms with Gasteiger partial charge in [0.1, 0.15) is 5.00 Å². The van der Waals surface area contributed by atoms with Crippen molar-refractivity contribution < 1.29 is 19.1 Å². The quantitative estimate of drug-likeness (QED) is 0.655. The number of anilines is 1. The number of nitrogens with one attached hydrogen (secondary N) is 2. The molecule has 0 spiro atoms. The molecule has 5 rings (SSSR count). The first-order chi connectivity index (χ1) is 14.6. The molecule has 0 atom stereocenters. The van der Waals surface area contributed by atoms with Gasteiger partial charge < -0.3 is 15.0 Å². The summed E-state index contributed by atoms with van der Waals surface area (Å²) in [5.41, 5.74) is 0.676. The molecule has 8 heteroatoms. The van der Waals surface area contributed by atoms with Crippen molar-refractivity contribution in [3.63, 3.8) is 0 Å². The maximum atomic E-state index is 13.1. The Morgan fingerprint density at radius 2 is 1.61 bits per heavy atom. The first-order valence-corrected chi connectivity index (χ1v) is 12.0. The molecule has 31 heavy (non-hydrogen) atoms. The van der Waals surface area contributed by atoms with Crippen LogP contribution in [0.25, 0.3) is 0 Å². The monoisotopic (exact) mass is 447 g/mol. The van der Waals surface area contributed by atoms with Crippen molar-refractivity contribution in [1.82, 2.24) is 10.2 Å². The maximum absolute atomic E-state index is 13.1. The third kappa shape index (κ3) is 4.31. The van der Waals surface area contributed by atoms with Crippen LogP contribution < -0.4 is 10.6 Å². The van der Waals surface area contributed by atoms with Crippen molar-refractivity contribution in [1.29, 1.82) is 0 Å². The predicted octanol–water partition coefficient (Wildman–Crippen LogP) is 4.41. The number of ether oxygens (including phenoxy) is 1. The minimum Gasteiger partial charge on any atom is -0.459 e. The standard InChI is InChI=1S/C23H33N3O4S/c1-12(2)30-21(28)17-13(3)18(20(27)26(4)5)31-19(17)24-22(29)25-23-9-14-6-15(10-23)8-16(7-14)11-23/h12,14-16H,6-11H2,1-5H3,(H2,24,25,29). The maximum Gasteiger partial charge on any atom is 0.341 e. The van der Waals surface area contributed by atoms with Crippen LogP contribution in [-0.4, -0.2) is 48.5 Å². The van der Waals surface area contributed by atoms with E-state index in [0.29, 0.717) is 15.4 Å². The number of amides is 3. The van der Waals surface area contributed by atoms with Crippen LogP contribution in [0.3, 0.4) is 0 Å². The van der Waals surface area contributed by atoms with E-state index in [1.165, 1.54) is 24.2 Å². The van der Waals surface area contributed by atoms with Crippen LogP contribution in [0.1, 0.15) is 78.0 Å². The molecule has 0 saturated heterocycles. The van der Waals surface area contributed by atoms with E-state index in [1.807, 2.05) is 0 Å². The topological polar surface area (TPSA) is 87.7 Å². The van der Waals surface area contributed by atoms with Gasteiger partial charge in [0, 0.05) is 19.6 Å². The summed E-state index contributed by atoms with van der Waals surface area (Å²) in [7, 11) is 3.33. The zero-order valence-electron chi connectivity index (χ0n) is 19.0. The van der Waals surface area contributed by atoms with Crippen molar-refractivity contribution in [2.45, 2.75) is 70.9 Å². The Balaban J connectivity index is 1.56. The second kappa shape index (κ2) is 8.11. The van der Waals surface area contributed by atoms with Gasteiger partial charge in [-0.1, -0.05) is 0 Å². The lowest BCUT2D eigenvalue weighted by molar-refractivity contribution is -0.0127. The van der Waals surface area contributed by atoms with Gasteiger partial charge in [-0.2, -0.15) is 0 Å². The molecule has 0 aromatic carbocycles. The molecular formula is C23H33N3O4S. The lowest BCUT2D eigenvalue weighted by Crippen LogP contribution is -2.60. The molecule has 4 aliphatic carbocycles. The molecule has 7 nitrogen and oxygen atoms in total. The molecule has 0 radical (unpaired) electrons. The molecule has 170 valence electrons. The Bertz CT molecular complexity index is 870. The summed E-state index contributed by atoms with van der Waals surface area (Å²) in [4.78, 5) is 40.4. The SMILES string of the molecule is Cc1c(C(=O)N(C)C)sc(NC(=O)NC23CC4CC(CC(C4)C2)C3)c1C(=O)OC(C)C.